The quantitative estimate of drug-likeness (QED) is 0.571. The fraction of sp³-hybridized carbons (Fsp3) is 0.333. The van der Waals surface area contributed by atoms with Crippen molar-refractivity contribution in [3.63, 3.8) is 0 Å². The highest BCUT2D eigenvalue weighted by molar-refractivity contribution is 7.16. The van der Waals surface area contributed by atoms with Crippen LogP contribution in [-0.4, -0.2) is 6.16 Å². The van der Waals surface area contributed by atoms with Crippen LogP contribution in [0.25, 0.3) is 0 Å². The molecule has 1 aromatic carbocycles. The molecule has 0 saturated carbocycles. The van der Waals surface area contributed by atoms with Gasteiger partial charge in [0.05, 0.1) is 0 Å². The van der Waals surface area contributed by atoms with Crippen LogP contribution in [0.1, 0.15) is 11.1 Å². The minimum atomic E-state index is 1.16. The van der Waals surface area contributed by atoms with Gasteiger partial charge < -0.3 is 0 Å². The summed E-state index contributed by atoms with van der Waals surface area (Å²) in [7, 11) is 2.74. The van der Waals surface area contributed by atoms with Gasteiger partial charge in [-0.2, -0.15) is 0 Å². The first-order valence-corrected chi connectivity index (χ1v) is 4.40. The van der Waals surface area contributed by atoms with Crippen LogP contribution in [0.2, 0.25) is 0 Å². The molecule has 0 aromatic heterocycles. The molecule has 0 fully saturated rings. The molecule has 0 heterocycles. The van der Waals surface area contributed by atoms with Gasteiger partial charge in [-0.3, -0.25) is 0 Å². The third kappa shape index (κ3) is 2.11. The lowest BCUT2D eigenvalue weighted by Gasteiger charge is -1.97. The second-order valence-electron chi connectivity index (χ2n) is 2.52. The first-order chi connectivity index (χ1) is 4.83. The Morgan fingerprint density at radius 2 is 1.80 bits per heavy atom. The molecule has 0 saturated heterocycles. The Morgan fingerprint density at radius 3 is 2.30 bits per heavy atom. The van der Waals surface area contributed by atoms with Crippen molar-refractivity contribution < 1.29 is 0 Å². The Kier molecular flexibility index (Phi) is 2.89. The Morgan fingerprint density at radius 1 is 1.20 bits per heavy atom. The maximum atomic E-state index is 2.74. The van der Waals surface area contributed by atoms with E-state index in [2.05, 4.69) is 40.4 Å². The van der Waals surface area contributed by atoms with Crippen molar-refractivity contribution in [1.82, 2.24) is 0 Å². The topological polar surface area (TPSA) is 0 Å². The van der Waals surface area contributed by atoms with E-state index >= 15 is 0 Å². The lowest BCUT2D eigenvalue weighted by Crippen LogP contribution is -1.84. The second kappa shape index (κ2) is 3.73. The van der Waals surface area contributed by atoms with E-state index in [0.29, 0.717) is 0 Å². The molecule has 1 rings (SSSR count). The molecule has 0 aliphatic carbocycles. The van der Waals surface area contributed by atoms with Crippen LogP contribution >= 0.6 is 9.24 Å². The lowest BCUT2D eigenvalue weighted by molar-refractivity contribution is 1.15. The van der Waals surface area contributed by atoms with Gasteiger partial charge in [-0.1, -0.05) is 29.8 Å². The zero-order valence-corrected chi connectivity index (χ0v) is 7.46. The lowest BCUT2D eigenvalue weighted by atomic mass is 10.1. The molecule has 1 unspecified atom stereocenters. The third-order valence-electron chi connectivity index (χ3n) is 1.55. The normalized spacial score (nSPS) is 9.80. The molecule has 0 aliphatic heterocycles. The van der Waals surface area contributed by atoms with E-state index in [9.17, 15) is 0 Å². The maximum Gasteiger partial charge on any atom is -0.0244 e. The van der Waals surface area contributed by atoms with Gasteiger partial charge in [-0.05, 0) is 25.1 Å². The molecule has 0 nitrogen and oxygen atoms in total. The van der Waals surface area contributed by atoms with Gasteiger partial charge in [0.2, 0.25) is 0 Å². The van der Waals surface area contributed by atoms with Crippen molar-refractivity contribution in [1.29, 1.82) is 0 Å². The van der Waals surface area contributed by atoms with E-state index in [1.807, 2.05) is 0 Å². The second-order valence-corrected chi connectivity index (χ2v) is 3.10. The Balaban J connectivity index is 2.69. The highest BCUT2D eigenvalue weighted by Crippen LogP contribution is 2.04. The highest BCUT2D eigenvalue weighted by Gasteiger charge is 1.88. The van der Waals surface area contributed by atoms with E-state index < -0.39 is 0 Å². The van der Waals surface area contributed by atoms with E-state index in [-0.39, 0.29) is 0 Å². The molecular weight excluding hydrogens is 139 g/mol. The van der Waals surface area contributed by atoms with Gasteiger partial charge in [0.15, 0.2) is 0 Å². The molecule has 1 atom stereocenters. The molecular formula is C9H13P. The minimum Gasteiger partial charge on any atom is -0.137 e. The van der Waals surface area contributed by atoms with Crippen LogP contribution in [0, 0.1) is 6.92 Å². The van der Waals surface area contributed by atoms with Crippen LogP contribution in [0.4, 0.5) is 0 Å². The summed E-state index contributed by atoms with van der Waals surface area (Å²) in [5.41, 5.74) is 2.77. The SMILES string of the molecule is Cc1ccc(CCP)cc1. The zero-order chi connectivity index (χ0) is 7.40. The number of benzene rings is 1. The predicted octanol–water partition coefficient (Wildman–Crippen LogP) is 2.41. The summed E-state index contributed by atoms with van der Waals surface area (Å²) in [5.74, 6) is 0. The number of rotatable bonds is 2. The van der Waals surface area contributed by atoms with Gasteiger partial charge in [-0.15, -0.1) is 9.24 Å². The smallest absolute Gasteiger partial charge is 0.0244 e. The van der Waals surface area contributed by atoms with Crippen LogP contribution in [0.15, 0.2) is 24.3 Å². The van der Waals surface area contributed by atoms with Crippen molar-refractivity contribution >= 4 is 9.24 Å². The Hall–Kier alpha value is -0.350. The molecule has 10 heavy (non-hydrogen) atoms. The van der Waals surface area contributed by atoms with Crippen LogP contribution in [0.5, 0.6) is 0 Å². The van der Waals surface area contributed by atoms with Gasteiger partial charge in [0.1, 0.15) is 0 Å². The monoisotopic (exact) mass is 152 g/mol. The van der Waals surface area contributed by atoms with Crippen molar-refractivity contribution in [3.8, 4) is 0 Å². The maximum absolute atomic E-state index is 2.74. The number of aryl methyl sites for hydroxylation is 2. The molecule has 0 bridgehead atoms. The van der Waals surface area contributed by atoms with Gasteiger partial charge in [-0.25, -0.2) is 0 Å². The number of hydrogen-bond acceptors (Lipinski definition) is 0. The molecule has 1 aromatic rings. The van der Waals surface area contributed by atoms with Crippen molar-refractivity contribution in [2.45, 2.75) is 13.3 Å². The largest absolute Gasteiger partial charge is 0.137 e. The fourth-order valence-corrected chi connectivity index (χ4v) is 1.25. The first-order valence-electron chi connectivity index (χ1n) is 3.58. The predicted molar refractivity (Wildman–Crippen MR) is 49.5 cm³/mol. The summed E-state index contributed by atoms with van der Waals surface area (Å²) < 4.78 is 0. The van der Waals surface area contributed by atoms with E-state index in [0.717, 1.165) is 6.16 Å². The zero-order valence-electron chi connectivity index (χ0n) is 6.30. The van der Waals surface area contributed by atoms with Crippen molar-refractivity contribution in [2.24, 2.45) is 0 Å². The van der Waals surface area contributed by atoms with Gasteiger partial charge >= 0.3 is 0 Å². The molecule has 54 valence electrons. The summed E-state index contributed by atoms with van der Waals surface area (Å²) in [5, 5.41) is 0. The van der Waals surface area contributed by atoms with E-state index in [4.69, 9.17) is 0 Å². The van der Waals surface area contributed by atoms with Crippen LogP contribution in [0.3, 0.4) is 0 Å². The highest BCUT2D eigenvalue weighted by atomic mass is 31.0. The molecule has 0 amide bonds. The first kappa shape index (κ1) is 7.75. The average Bonchev–Trinajstić information content (AvgIpc) is 1.95. The van der Waals surface area contributed by atoms with E-state index in [1.165, 1.54) is 17.5 Å². The summed E-state index contributed by atoms with van der Waals surface area (Å²) in [4.78, 5) is 0. The Labute approximate surface area is 64.9 Å². The summed E-state index contributed by atoms with van der Waals surface area (Å²) in [6.07, 6.45) is 2.33. The summed E-state index contributed by atoms with van der Waals surface area (Å²) in [6.45, 7) is 2.12. The molecule has 0 radical (unpaired) electrons. The van der Waals surface area contributed by atoms with Gasteiger partial charge in [0.25, 0.3) is 0 Å². The Bertz CT molecular complexity index is 188. The molecule has 0 spiro atoms. The number of hydrogen-bond donors (Lipinski definition) is 0. The summed E-state index contributed by atoms with van der Waals surface area (Å²) >= 11 is 0. The van der Waals surface area contributed by atoms with Crippen molar-refractivity contribution in [3.05, 3.63) is 35.4 Å². The fourth-order valence-electron chi connectivity index (χ4n) is 0.921. The van der Waals surface area contributed by atoms with Crippen LogP contribution < -0.4 is 0 Å². The average molecular weight is 152 g/mol. The minimum absolute atomic E-state index is 1.16. The molecule has 0 N–H and O–H groups in total. The van der Waals surface area contributed by atoms with E-state index in [1.54, 1.807) is 0 Å². The van der Waals surface area contributed by atoms with Gasteiger partial charge in [0, 0.05) is 0 Å². The molecule has 1 heteroatoms. The van der Waals surface area contributed by atoms with Crippen LogP contribution in [-0.2, 0) is 6.42 Å². The standard InChI is InChI=1S/C9H13P/c1-8-2-4-9(5-3-8)6-7-10/h2-5H,6-7,10H2,1H3. The summed E-state index contributed by atoms with van der Waals surface area (Å²) in [6, 6.07) is 8.71. The third-order valence-corrected chi connectivity index (χ3v) is 1.84. The van der Waals surface area contributed by atoms with Crippen molar-refractivity contribution in [2.75, 3.05) is 6.16 Å². The molecule has 0 aliphatic rings.